The zero-order valence-electron chi connectivity index (χ0n) is 7.31. The van der Waals surface area contributed by atoms with Crippen LogP contribution in [-0.2, 0) is 9.05 Å². The van der Waals surface area contributed by atoms with Crippen molar-refractivity contribution in [3.63, 3.8) is 0 Å². The molecule has 2 aromatic rings. The topological polar surface area (TPSA) is 51.4 Å². The molecule has 14 heavy (non-hydrogen) atoms. The summed E-state index contributed by atoms with van der Waals surface area (Å²) in [5.74, 6) is 0. The molecule has 0 atom stereocenters. The van der Waals surface area contributed by atoms with Gasteiger partial charge < -0.3 is 0 Å². The van der Waals surface area contributed by atoms with E-state index in [0.717, 1.165) is 5.69 Å². The van der Waals surface area contributed by atoms with Gasteiger partial charge in [-0.3, -0.25) is 4.40 Å². The van der Waals surface area contributed by atoms with E-state index < -0.39 is 9.05 Å². The van der Waals surface area contributed by atoms with Crippen LogP contribution in [0, 0.1) is 6.92 Å². The lowest BCUT2D eigenvalue weighted by atomic mass is 10.4. The van der Waals surface area contributed by atoms with Gasteiger partial charge in [0.25, 0.3) is 9.05 Å². The van der Waals surface area contributed by atoms with Crippen molar-refractivity contribution in [2.45, 2.75) is 11.9 Å². The molecule has 0 aromatic carbocycles. The number of aromatic nitrogens is 2. The molecule has 0 fully saturated rings. The van der Waals surface area contributed by atoms with Gasteiger partial charge in [0.05, 0.1) is 6.20 Å². The van der Waals surface area contributed by atoms with Crippen LogP contribution in [0.4, 0.5) is 0 Å². The smallest absolute Gasteiger partial charge is 0.278 e. The summed E-state index contributed by atoms with van der Waals surface area (Å²) < 4.78 is 23.8. The van der Waals surface area contributed by atoms with E-state index in [0.29, 0.717) is 5.65 Å². The van der Waals surface area contributed by atoms with Gasteiger partial charge in [-0.2, -0.15) is 0 Å². The number of fused-ring (bicyclic) bond motifs is 1. The summed E-state index contributed by atoms with van der Waals surface area (Å²) in [6.07, 6.45) is 1.25. The molecule has 2 rings (SSSR count). The highest BCUT2D eigenvalue weighted by molar-refractivity contribution is 8.13. The normalized spacial score (nSPS) is 12.1. The maximum atomic E-state index is 11.2. The van der Waals surface area contributed by atoms with E-state index in [2.05, 4.69) is 4.98 Å². The van der Waals surface area contributed by atoms with Gasteiger partial charge in [0.2, 0.25) is 0 Å². The third-order valence-electron chi connectivity index (χ3n) is 1.94. The van der Waals surface area contributed by atoms with Gasteiger partial charge in [0.15, 0.2) is 5.03 Å². The van der Waals surface area contributed by atoms with Crippen LogP contribution in [0.25, 0.3) is 5.65 Å². The lowest BCUT2D eigenvalue weighted by molar-refractivity contribution is 0.604. The van der Waals surface area contributed by atoms with Crippen molar-refractivity contribution in [1.82, 2.24) is 9.38 Å². The molecule has 4 nitrogen and oxygen atoms in total. The van der Waals surface area contributed by atoms with E-state index in [1.54, 1.807) is 19.1 Å². The third kappa shape index (κ3) is 1.38. The SMILES string of the molecule is Cc1cccc2ncc(S(=O)(=O)Cl)n12. The van der Waals surface area contributed by atoms with Crippen molar-refractivity contribution in [1.29, 1.82) is 0 Å². The molecule has 0 aliphatic heterocycles. The van der Waals surface area contributed by atoms with Gasteiger partial charge >= 0.3 is 0 Å². The fourth-order valence-corrected chi connectivity index (χ4v) is 2.30. The summed E-state index contributed by atoms with van der Waals surface area (Å²) in [5.41, 5.74) is 1.35. The highest BCUT2D eigenvalue weighted by Gasteiger charge is 2.16. The second kappa shape index (κ2) is 2.96. The molecule has 74 valence electrons. The largest absolute Gasteiger partial charge is 0.287 e. The molecule has 0 amide bonds. The Kier molecular flexibility index (Phi) is 2.01. The summed E-state index contributed by atoms with van der Waals surface area (Å²) in [7, 11) is 1.53. The van der Waals surface area contributed by atoms with Crippen LogP contribution >= 0.6 is 10.7 Å². The lowest BCUT2D eigenvalue weighted by Gasteiger charge is -2.01. The molecule has 0 radical (unpaired) electrons. The van der Waals surface area contributed by atoms with E-state index in [4.69, 9.17) is 10.7 Å². The van der Waals surface area contributed by atoms with Crippen molar-refractivity contribution in [2.24, 2.45) is 0 Å². The first-order chi connectivity index (χ1) is 6.50. The number of hydrogen-bond acceptors (Lipinski definition) is 3. The second-order valence-corrected chi connectivity index (χ2v) is 5.41. The van der Waals surface area contributed by atoms with Crippen LogP contribution in [-0.4, -0.2) is 17.8 Å². The molecule has 2 aromatic heterocycles. The van der Waals surface area contributed by atoms with Gasteiger partial charge in [-0.1, -0.05) is 6.07 Å². The Balaban J connectivity index is 2.94. The number of pyridine rings is 1. The van der Waals surface area contributed by atoms with Gasteiger partial charge in [-0.05, 0) is 19.1 Å². The van der Waals surface area contributed by atoms with Crippen molar-refractivity contribution in [2.75, 3.05) is 0 Å². The van der Waals surface area contributed by atoms with Gasteiger partial charge in [-0.15, -0.1) is 0 Å². The van der Waals surface area contributed by atoms with Crippen molar-refractivity contribution in [3.05, 3.63) is 30.1 Å². The minimum absolute atomic E-state index is 0.00673. The molecular weight excluding hydrogens is 224 g/mol. The lowest BCUT2D eigenvalue weighted by Crippen LogP contribution is -1.99. The number of rotatable bonds is 1. The number of hydrogen-bond donors (Lipinski definition) is 0. The van der Waals surface area contributed by atoms with Crippen LogP contribution in [0.15, 0.2) is 29.4 Å². The Bertz CT molecular complexity index is 588. The van der Waals surface area contributed by atoms with E-state index in [9.17, 15) is 8.42 Å². The van der Waals surface area contributed by atoms with Gasteiger partial charge in [0.1, 0.15) is 5.65 Å². The fraction of sp³-hybridized carbons (Fsp3) is 0.125. The minimum atomic E-state index is -3.74. The summed E-state index contributed by atoms with van der Waals surface area (Å²) in [6.45, 7) is 1.79. The number of aryl methyl sites for hydroxylation is 1. The molecule has 0 aliphatic carbocycles. The fourth-order valence-electron chi connectivity index (χ4n) is 1.34. The van der Waals surface area contributed by atoms with Gasteiger partial charge in [0, 0.05) is 16.4 Å². The zero-order chi connectivity index (χ0) is 10.3. The first kappa shape index (κ1) is 9.48. The standard InChI is InChI=1S/C8H7ClN2O2S/c1-6-3-2-4-7-10-5-8(11(6)7)14(9,12)13/h2-5H,1H3. The first-order valence-corrected chi connectivity index (χ1v) is 6.19. The maximum absolute atomic E-state index is 11.2. The Morgan fingerprint density at radius 3 is 2.79 bits per heavy atom. The average molecular weight is 231 g/mol. The monoisotopic (exact) mass is 230 g/mol. The Morgan fingerprint density at radius 2 is 2.14 bits per heavy atom. The molecule has 0 saturated heterocycles. The Labute approximate surface area is 85.6 Å². The molecule has 0 aliphatic rings. The molecular formula is C8H7ClN2O2S. The quantitative estimate of drug-likeness (QED) is 0.699. The van der Waals surface area contributed by atoms with Crippen molar-refractivity contribution >= 4 is 25.4 Å². The molecule has 0 N–H and O–H groups in total. The molecule has 2 heterocycles. The summed E-state index contributed by atoms with van der Waals surface area (Å²) >= 11 is 0. The third-order valence-corrected chi connectivity index (χ3v) is 3.20. The molecule has 0 saturated carbocycles. The van der Waals surface area contributed by atoms with E-state index >= 15 is 0 Å². The van der Waals surface area contributed by atoms with Crippen LogP contribution in [0.3, 0.4) is 0 Å². The second-order valence-electron chi connectivity index (χ2n) is 2.90. The molecule has 6 heteroatoms. The summed E-state index contributed by atoms with van der Waals surface area (Å²) in [5, 5.41) is 0.00673. The predicted molar refractivity (Wildman–Crippen MR) is 53.0 cm³/mol. The number of imidazole rings is 1. The first-order valence-electron chi connectivity index (χ1n) is 3.88. The van der Waals surface area contributed by atoms with E-state index in [1.165, 1.54) is 10.6 Å². The molecule has 0 unspecified atom stereocenters. The van der Waals surface area contributed by atoms with Gasteiger partial charge in [-0.25, -0.2) is 13.4 Å². The average Bonchev–Trinajstić information content (AvgIpc) is 2.47. The van der Waals surface area contributed by atoms with Crippen LogP contribution in [0.2, 0.25) is 0 Å². The molecule has 0 spiro atoms. The number of nitrogens with zero attached hydrogens (tertiary/aromatic N) is 2. The maximum Gasteiger partial charge on any atom is 0.278 e. The summed E-state index contributed by atoms with van der Waals surface area (Å²) in [4.78, 5) is 3.95. The Morgan fingerprint density at radius 1 is 1.43 bits per heavy atom. The summed E-state index contributed by atoms with van der Waals surface area (Å²) in [6, 6.07) is 5.32. The highest BCUT2D eigenvalue weighted by atomic mass is 35.7. The van der Waals surface area contributed by atoms with Crippen LogP contribution in [0.1, 0.15) is 5.69 Å². The van der Waals surface area contributed by atoms with Crippen molar-refractivity contribution in [3.8, 4) is 0 Å². The number of halogens is 1. The van der Waals surface area contributed by atoms with Crippen LogP contribution in [0.5, 0.6) is 0 Å². The zero-order valence-corrected chi connectivity index (χ0v) is 8.88. The predicted octanol–water partition coefficient (Wildman–Crippen LogP) is 1.57. The van der Waals surface area contributed by atoms with Crippen molar-refractivity contribution < 1.29 is 8.42 Å². The minimum Gasteiger partial charge on any atom is -0.287 e. The Hall–Kier alpha value is -1.07. The van der Waals surface area contributed by atoms with E-state index in [1.807, 2.05) is 6.07 Å². The highest BCUT2D eigenvalue weighted by Crippen LogP contribution is 2.18. The van der Waals surface area contributed by atoms with Crippen LogP contribution < -0.4 is 0 Å². The molecule has 0 bridgehead atoms. The van der Waals surface area contributed by atoms with E-state index in [-0.39, 0.29) is 5.03 Å².